The van der Waals surface area contributed by atoms with Crippen LogP contribution >= 0.6 is 0 Å². The second kappa shape index (κ2) is 4.26. The fraction of sp³-hybridized carbons (Fsp3) is 0.250. The van der Waals surface area contributed by atoms with E-state index in [4.69, 9.17) is 10.8 Å². The largest absolute Gasteiger partial charge is 0.478 e. The first-order valence-corrected chi connectivity index (χ1v) is 3.87. The Hall–Kier alpha value is -1.63. The van der Waals surface area contributed by atoms with Gasteiger partial charge in [0.05, 0.1) is 5.56 Å². The first kappa shape index (κ1) is 11.4. The summed E-state index contributed by atoms with van der Waals surface area (Å²) < 4.78 is 37.6. The second-order valence-corrected chi connectivity index (χ2v) is 2.66. The second-order valence-electron chi connectivity index (χ2n) is 2.66. The zero-order valence-electron chi connectivity index (χ0n) is 7.38. The average Bonchev–Trinajstić information content (AvgIpc) is 2.16. The summed E-state index contributed by atoms with van der Waals surface area (Å²) in [5.74, 6) is -2.81. The highest BCUT2D eigenvalue weighted by molar-refractivity contribution is 5.89. The van der Waals surface area contributed by atoms with E-state index in [2.05, 4.69) is 4.98 Å². The Morgan fingerprint density at radius 1 is 1.60 bits per heavy atom. The maximum atomic E-state index is 13.3. The third kappa shape index (κ3) is 2.07. The van der Waals surface area contributed by atoms with Crippen LogP contribution < -0.4 is 5.73 Å². The fourth-order valence-corrected chi connectivity index (χ4v) is 1.08. The number of carboxylic acid groups (broad SMARTS) is 1. The molecule has 0 fully saturated rings. The van der Waals surface area contributed by atoms with Gasteiger partial charge in [-0.1, -0.05) is 0 Å². The SMILES string of the molecule is NCc1c(C(=O)O)cnc(C(F)F)c1F. The summed E-state index contributed by atoms with van der Waals surface area (Å²) in [6.45, 7) is -0.476. The predicted molar refractivity (Wildman–Crippen MR) is 44.0 cm³/mol. The van der Waals surface area contributed by atoms with Gasteiger partial charge in [-0.2, -0.15) is 0 Å². The molecule has 0 saturated heterocycles. The molecule has 1 rings (SSSR count). The van der Waals surface area contributed by atoms with Gasteiger partial charge >= 0.3 is 5.97 Å². The van der Waals surface area contributed by atoms with Crippen LogP contribution in [0.15, 0.2) is 6.20 Å². The summed E-state index contributed by atoms with van der Waals surface area (Å²) >= 11 is 0. The summed E-state index contributed by atoms with van der Waals surface area (Å²) in [6.07, 6.45) is -2.42. The molecular weight excluding hydrogens is 213 g/mol. The quantitative estimate of drug-likeness (QED) is 0.805. The molecule has 0 radical (unpaired) electrons. The van der Waals surface area contributed by atoms with E-state index >= 15 is 0 Å². The molecule has 0 atom stereocenters. The smallest absolute Gasteiger partial charge is 0.337 e. The molecule has 0 saturated carbocycles. The van der Waals surface area contributed by atoms with Gasteiger partial charge in [0, 0.05) is 18.3 Å². The monoisotopic (exact) mass is 220 g/mol. The molecule has 0 amide bonds. The standard InChI is InChI=1S/C8H7F3N2O2/c9-5-3(1-12)4(8(14)15)2-13-6(5)7(10)11/h2,7H,1,12H2,(H,14,15). The van der Waals surface area contributed by atoms with Gasteiger partial charge in [-0.05, 0) is 0 Å². The van der Waals surface area contributed by atoms with E-state index in [0.717, 1.165) is 0 Å². The summed E-state index contributed by atoms with van der Waals surface area (Å²) in [5.41, 5.74) is 3.03. The Balaban J connectivity index is 3.39. The maximum Gasteiger partial charge on any atom is 0.337 e. The van der Waals surface area contributed by atoms with Gasteiger partial charge in [0.25, 0.3) is 6.43 Å². The van der Waals surface area contributed by atoms with Crippen molar-refractivity contribution in [1.82, 2.24) is 4.98 Å². The predicted octanol–water partition coefficient (Wildman–Crippen LogP) is 1.32. The molecule has 4 nitrogen and oxygen atoms in total. The van der Waals surface area contributed by atoms with Crippen molar-refractivity contribution in [3.63, 3.8) is 0 Å². The van der Waals surface area contributed by atoms with Gasteiger partial charge in [0.2, 0.25) is 0 Å². The number of carboxylic acids is 1. The lowest BCUT2D eigenvalue weighted by atomic mass is 10.1. The lowest BCUT2D eigenvalue weighted by Crippen LogP contribution is -2.13. The van der Waals surface area contributed by atoms with Crippen LogP contribution in [0.1, 0.15) is 28.0 Å². The van der Waals surface area contributed by atoms with Crippen LogP contribution in [0, 0.1) is 5.82 Å². The van der Waals surface area contributed by atoms with Crippen molar-refractivity contribution in [3.05, 3.63) is 28.8 Å². The molecule has 15 heavy (non-hydrogen) atoms. The first-order valence-electron chi connectivity index (χ1n) is 3.87. The molecule has 1 aromatic rings. The number of hydrogen-bond acceptors (Lipinski definition) is 3. The average molecular weight is 220 g/mol. The van der Waals surface area contributed by atoms with Crippen LogP contribution in [0.2, 0.25) is 0 Å². The molecule has 1 aromatic heterocycles. The molecule has 0 aromatic carbocycles. The number of hydrogen-bond donors (Lipinski definition) is 2. The highest BCUT2D eigenvalue weighted by atomic mass is 19.3. The van der Waals surface area contributed by atoms with E-state index in [1.54, 1.807) is 0 Å². The number of halogens is 3. The molecule has 0 aliphatic heterocycles. The van der Waals surface area contributed by atoms with Crippen molar-refractivity contribution in [1.29, 1.82) is 0 Å². The third-order valence-corrected chi connectivity index (χ3v) is 1.79. The number of aromatic nitrogens is 1. The normalized spacial score (nSPS) is 10.7. The Bertz CT molecular complexity index is 396. The lowest BCUT2D eigenvalue weighted by Gasteiger charge is -2.08. The molecule has 1 heterocycles. The molecule has 0 bridgehead atoms. The van der Waals surface area contributed by atoms with E-state index in [1.165, 1.54) is 0 Å². The van der Waals surface area contributed by atoms with Gasteiger partial charge in [-0.3, -0.25) is 4.98 Å². The minimum Gasteiger partial charge on any atom is -0.478 e. The van der Waals surface area contributed by atoms with Crippen LogP contribution in [0.5, 0.6) is 0 Å². The molecule has 82 valence electrons. The van der Waals surface area contributed by atoms with E-state index in [-0.39, 0.29) is 0 Å². The molecule has 0 aliphatic carbocycles. The molecule has 0 aliphatic rings. The molecule has 7 heteroatoms. The van der Waals surface area contributed by atoms with Crippen molar-refractivity contribution >= 4 is 5.97 Å². The van der Waals surface area contributed by atoms with Crippen LogP contribution in [-0.2, 0) is 6.54 Å². The molecular formula is C8H7F3N2O2. The van der Waals surface area contributed by atoms with Crippen LogP contribution in [0.4, 0.5) is 13.2 Å². The zero-order chi connectivity index (χ0) is 11.6. The van der Waals surface area contributed by atoms with Crippen LogP contribution in [0.25, 0.3) is 0 Å². The van der Waals surface area contributed by atoms with Gasteiger partial charge in [-0.15, -0.1) is 0 Å². The van der Waals surface area contributed by atoms with E-state index in [0.29, 0.717) is 6.20 Å². The summed E-state index contributed by atoms with van der Waals surface area (Å²) in [4.78, 5) is 13.6. The highest BCUT2D eigenvalue weighted by Crippen LogP contribution is 2.23. The lowest BCUT2D eigenvalue weighted by molar-refractivity contribution is 0.0693. The Morgan fingerprint density at radius 3 is 2.60 bits per heavy atom. The number of aromatic carboxylic acids is 1. The van der Waals surface area contributed by atoms with Gasteiger partial charge in [0.1, 0.15) is 5.69 Å². The van der Waals surface area contributed by atoms with Crippen LogP contribution in [0.3, 0.4) is 0 Å². The Morgan fingerprint density at radius 2 is 2.20 bits per heavy atom. The van der Waals surface area contributed by atoms with Crippen molar-refractivity contribution in [2.75, 3.05) is 0 Å². The Kier molecular flexibility index (Phi) is 3.25. The molecule has 3 N–H and O–H groups in total. The van der Waals surface area contributed by atoms with Crippen LogP contribution in [-0.4, -0.2) is 16.1 Å². The van der Waals surface area contributed by atoms with E-state index in [9.17, 15) is 18.0 Å². The zero-order valence-corrected chi connectivity index (χ0v) is 7.38. The number of alkyl halides is 2. The summed E-state index contributed by atoms with van der Waals surface area (Å²) in [5, 5.41) is 8.60. The van der Waals surface area contributed by atoms with Crippen molar-refractivity contribution in [2.24, 2.45) is 5.73 Å². The van der Waals surface area contributed by atoms with Crippen molar-refractivity contribution < 1.29 is 23.1 Å². The van der Waals surface area contributed by atoms with Crippen molar-refractivity contribution in [2.45, 2.75) is 13.0 Å². The molecule has 0 spiro atoms. The summed E-state index contributed by atoms with van der Waals surface area (Å²) in [6, 6.07) is 0. The highest BCUT2D eigenvalue weighted by Gasteiger charge is 2.22. The topological polar surface area (TPSA) is 76.2 Å². The fourth-order valence-electron chi connectivity index (χ4n) is 1.08. The Labute approximate surface area is 82.5 Å². The number of nitrogens with zero attached hydrogens (tertiary/aromatic N) is 1. The van der Waals surface area contributed by atoms with Gasteiger partial charge in [0.15, 0.2) is 5.82 Å². The van der Waals surface area contributed by atoms with E-state index < -0.39 is 41.6 Å². The number of rotatable bonds is 3. The number of carbonyl (C=O) groups is 1. The van der Waals surface area contributed by atoms with Crippen molar-refractivity contribution in [3.8, 4) is 0 Å². The number of pyridine rings is 1. The van der Waals surface area contributed by atoms with Gasteiger partial charge < -0.3 is 10.8 Å². The third-order valence-electron chi connectivity index (χ3n) is 1.79. The number of nitrogens with two attached hydrogens (primary N) is 1. The first-order chi connectivity index (χ1) is 6.99. The van der Waals surface area contributed by atoms with E-state index in [1.807, 2.05) is 0 Å². The maximum absolute atomic E-state index is 13.3. The minimum atomic E-state index is -3.10. The minimum absolute atomic E-state index is 0.465. The van der Waals surface area contributed by atoms with Gasteiger partial charge in [-0.25, -0.2) is 18.0 Å². The molecule has 0 unspecified atom stereocenters. The summed E-state index contributed by atoms with van der Waals surface area (Å²) in [7, 11) is 0.